The first-order chi connectivity index (χ1) is 16.0. The normalized spacial score (nSPS) is 10.6. The summed E-state index contributed by atoms with van der Waals surface area (Å²) < 4.78 is 12.8. The van der Waals surface area contributed by atoms with E-state index in [1.807, 2.05) is 35.0 Å². The third-order valence-corrected chi connectivity index (χ3v) is 4.95. The molecule has 0 unspecified atom stereocenters. The van der Waals surface area contributed by atoms with Gasteiger partial charge in [0.05, 0.1) is 12.3 Å². The maximum atomic E-state index is 12.7. The quantitative estimate of drug-likeness (QED) is 0.444. The van der Waals surface area contributed by atoms with Gasteiger partial charge in [-0.15, -0.1) is 0 Å². The van der Waals surface area contributed by atoms with Crippen LogP contribution in [0.25, 0.3) is 5.65 Å². The maximum absolute atomic E-state index is 12.7. The van der Waals surface area contributed by atoms with Gasteiger partial charge < -0.3 is 19.2 Å². The molecule has 4 rings (SSSR count). The highest BCUT2D eigenvalue weighted by molar-refractivity contribution is 6.04. The number of carbonyl (C=O) groups is 2. The minimum absolute atomic E-state index is 0.264. The molecular formula is C25H24N4O4. The summed E-state index contributed by atoms with van der Waals surface area (Å²) >= 11 is 0. The summed E-state index contributed by atoms with van der Waals surface area (Å²) in [6.07, 6.45) is 3.40. The van der Waals surface area contributed by atoms with Crippen molar-refractivity contribution in [3.63, 3.8) is 0 Å². The summed E-state index contributed by atoms with van der Waals surface area (Å²) in [4.78, 5) is 30.4. The molecule has 0 aliphatic rings. The van der Waals surface area contributed by atoms with Crippen molar-refractivity contribution >= 4 is 29.0 Å². The van der Waals surface area contributed by atoms with Crippen LogP contribution in [0, 0.1) is 0 Å². The number of fused-ring (bicyclic) bond motifs is 1. The topological polar surface area (TPSA) is 85.2 Å². The van der Waals surface area contributed by atoms with E-state index in [4.69, 9.17) is 9.47 Å². The molecule has 8 nitrogen and oxygen atoms in total. The fourth-order valence-electron chi connectivity index (χ4n) is 3.24. The van der Waals surface area contributed by atoms with Gasteiger partial charge in [0, 0.05) is 36.4 Å². The number of amides is 2. The number of ether oxygens (including phenoxy) is 2. The number of nitrogens with zero attached hydrogens (tertiary/aromatic N) is 3. The van der Waals surface area contributed by atoms with Gasteiger partial charge in [-0.25, -0.2) is 9.78 Å². The lowest BCUT2D eigenvalue weighted by molar-refractivity contribution is 0.102. The van der Waals surface area contributed by atoms with Crippen LogP contribution in [0.2, 0.25) is 0 Å². The molecule has 0 saturated heterocycles. The van der Waals surface area contributed by atoms with Crippen LogP contribution in [0.15, 0.2) is 79.1 Å². The number of aromatic nitrogens is 2. The highest BCUT2D eigenvalue weighted by atomic mass is 16.6. The summed E-state index contributed by atoms with van der Waals surface area (Å²) in [6, 6.07) is 19.7. The van der Waals surface area contributed by atoms with Crippen LogP contribution in [0.5, 0.6) is 5.75 Å². The van der Waals surface area contributed by atoms with Crippen molar-refractivity contribution in [3.05, 3.63) is 90.4 Å². The third kappa shape index (κ3) is 5.30. The zero-order valence-corrected chi connectivity index (χ0v) is 18.4. The molecule has 0 spiro atoms. The number of rotatable bonds is 7. The van der Waals surface area contributed by atoms with Gasteiger partial charge in [-0.3, -0.25) is 9.69 Å². The molecule has 0 radical (unpaired) electrons. The van der Waals surface area contributed by atoms with E-state index in [1.165, 1.54) is 4.90 Å². The minimum Gasteiger partial charge on any atom is -0.487 e. The Morgan fingerprint density at radius 3 is 2.64 bits per heavy atom. The van der Waals surface area contributed by atoms with Gasteiger partial charge in [-0.05, 0) is 61.5 Å². The Balaban J connectivity index is 1.37. The molecule has 4 aromatic rings. The van der Waals surface area contributed by atoms with Crippen molar-refractivity contribution in [2.24, 2.45) is 0 Å². The van der Waals surface area contributed by atoms with Crippen molar-refractivity contribution in [1.29, 1.82) is 0 Å². The lowest BCUT2D eigenvalue weighted by atomic mass is 10.2. The first-order valence-corrected chi connectivity index (χ1v) is 10.5. The Labute approximate surface area is 191 Å². The van der Waals surface area contributed by atoms with Gasteiger partial charge in [-0.2, -0.15) is 0 Å². The second-order valence-electron chi connectivity index (χ2n) is 7.27. The van der Waals surface area contributed by atoms with Gasteiger partial charge in [0.25, 0.3) is 5.91 Å². The minimum atomic E-state index is -0.435. The number of imidazole rings is 1. The zero-order chi connectivity index (χ0) is 23.2. The molecule has 0 atom stereocenters. The Kier molecular flexibility index (Phi) is 6.54. The predicted molar refractivity (Wildman–Crippen MR) is 126 cm³/mol. The summed E-state index contributed by atoms with van der Waals surface area (Å²) in [5.74, 6) is 0.311. The van der Waals surface area contributed by atoms with Crippen molar-refractivity contribution in [2.75, 3.05) is 23.9 Å². The highest BCUT2D eigenvalue weighted by Crippen LogP contribution is 2.20. The largest absolute Gasteiger partial charge is 0.487 e. The molecule has 0 fully saturated rings. The molecule has 33 heavy (non-hydrogen) atoms. The third-order valence-electron chi connectivity index (χ3n) is 4.95. The maximum Gasteiger partial charge on any atom is 0.413 e. The number of carbonyl (C=O) groups excluding carboxylic acids is 2. The van der Waals surface area contributed by atoms with E-state index in [-0.39, 0.29) is 5.91 Å². The van der Waals surface area contributed by atoms with Gasteiger partial charge in [0.2, 0.25) is 0 Å². The Morgan fingerprint density at radius 1 is 1.06 bits per heavy atom. The molecule has 168 valence electrons. The van der Waals surface area contributed by atoms with Crippen molar-refractivity contribution in [1.82, 2.24) is 9.38 Å². The molecule has 0 aliphatic carbocycles. The number of benzene rings is 2. The van der Waals surface area contributed by atoms with Crippen molar-refractivity contribution < 1.29 is 19.1 Å². The van der Waals surface area contributed by atoms with Crippen LogP contribution in [0.3, 0.4) is 0 Å². The fourth-order valence-corrected chi connectivity index (χ4v) is 3.24. The molecule has 2 amide bonds. The van der Waals surface area contributed by atoms with Crippen LogP contribution in [-0.2, 0) is 11.3 Å². The monoisotopic (exact) mass is 444 g/mol. The second-order valence-corrected chi connectivity index (χ2v) is 7.27. The summed E-state index contributed by atoms with van der Waals surface area (Å²) in [5, 5.41) is 2.85. The van der Waals surface area contributed by atoms with E-state index in [0.717, 1.165) is 11.3 Å². The van der Waals surface area contributed by atoms with Gasteiger partial charge in [-0.1, -0.05) is 12.1 Å². The average molecular weight is 444 g/mol. The average Bonchev–Trinajstić information content (AvgIpc) is 3.26. The van der Waals surface area contributed by atoms with E-state index < -0.39 is 6.09 Å². The van der Waals surface area contributed by atoms with Gasteiger partial charge in [0.15, 0.2) is 0 Å². The van der Waals surface area contributed by atoms with E-state index >= 15 is 0 Å². The van der Waals surface area contributed by atoms with E-state index in [9.17, 15) is 9.59 Å². The molecule has 1 N–H and O–H groups in total. The lowest BCUT2D eigenvalue weighted by Gasteiger charge is -2.17. The Bertz CT molecular complexity index is 1230. The van der Waals surface area contributed by atoms with Gasteiger partial charge in [0.1, 0.15) is 18.0 Å². The van der Waals surface area contributed by atoms with Crippen molar-refractivity contribution in [3.8, 4) is 5.75 Å². The predicted octanol–water partition coefficient (Wildman–Crippen LogP) is 4.76. The Hall–Kier alpha value is -4.33. The number of nitrogens with one attached hydrogen (secondary N) is 1. The van der Waals surface area contributed by atoms with Crippen LogP contribution < -0.4 is 15.0 Å². The molecular weight excluding hydrogens is 420 g/mol. The molecule has 8 heteroatoms. The molecule has 0 bridgehead atoms. The number of hydrogen-bond donors (Lipinski definition) is 1. The second kappa shape index (κ2) is 9.86. The zero-order valence-electron chi connectivity index (χ0n) is 18.4. The molecule has 2 aromatic heterocycles. The van der Waals surface area contributed by atoms with E-state index in [2.05, 4.69) is 10.3 Å². The summed E-state index contributed by atoms with van der Waals surface area (Å²) in [6.45, 7) is 2.35. The van der Waals surface area contributed by atoms with Crippen LogP contribution >= 0.6 is 0 Å². The summed E-state index contributed by atoms with van der Waals surface area (Å²) in [5.41, 5.74) is 3.38. The standard InChI is InChI=1S/C25H24N4O4/c1-3-32-25(31)28(2)21-12-10-19(11-13-21)27-24(30)18-7-6-8-22(15-18)33-17-20-16-29-14-5-4-9-23(29)26-20/h4-16H,3,17H2,1-2H3,(H,27,30). The molecule has 0 saturated carbocycles. The van der Waals surface area contributed by atoms with Crippen LogP contribution in [-0.4, -0.2) is 35.0 Å². The first kappa shape index (κ1) is 21.9. The number of anilines is 2. The lowest BCUT2D eigenvalue weighted by Crippen LogP contribution is -2.26. The summed E-state index contributed by atoms with van der Waals surface area (Å²) in [7, 11) is 1.63. The van der Waals surface area contributed by atoms with Gasteiger partial charge >= 0.3 is 6.09 Å². The van der Waals surface area contributed by atoms with Crippen LogP contribution in [0.4, 0.5) is 16.2 Å². The van der Waals surface area contributed by atoms with Crippen LogP contribution in [0.1, 0.15) is 23.0 Å². The smallest absolute Gasteiger partial charge is 0.413 e. The fraction of sp³-hybridized carbons (Fsp3) is 0.160. The molecule has 0 aliphatic heterocycles. The Morgan fingerprint density at radius 2 is 1.88 bits per heavy atom. The first-order valence-electron chi connectivity index (χ1n) is 10.5. The number of hydrogen-bond acceptors (Lipinski definition) is 5. The van der Waals surface area contributed by atoms with E-state index in [0.29, 0.717) is 35.9 Å². The van der Waals surface area contributed by atoms with E-state index in [1.54, 1.807) is 62.5 Å². The van der Waals surface area contributed by atoms with Crippen molar-refractivity contribution in [2.45, 2.75) is 13.5 Å². The highest BCUT2D eigenvalue weighted by Gasteiger charge is 2.12. The molecule has 2 aromatic carbocycles. The SMILES string of the molecule is CCOC(=O)N(C)c1ccc(NC(=O)c2cccc(OCc3cn4ccccc4n3)c2)cc1. The molecule has 2 heterocycles. The number of pyridine rings is 1.